The molecule has 6 nitrogen and oxygen atoms in total. The number of pyridine rings is 1. The summed E-state index contributed by atoms with van der Waals surface area (Å²) in [5, 5.41) is 4.47. The first-order chi connectivity index (χ1) is 13.6. The number of anilines is 1. The van der Waals surface area contributed by atoms with Crippen LogP contribution in [0.4, 0.5) is 5.82 Å². The number of rotatable bonds is 6. The van der Waals surface area contributed by atoms with E-state index in [1.165, 1.54) is 22.8 Å². The number of nitrogens with one attached hydrogen (secondary N) is 1. The molecule has 0 aromatic carbocycles. The van der Waals surface area contributed by atoms with Crippen LogP contribution in [0.15, 0.2) is 40.9 Å². The number of carbonyl (C=O) groups excluding carboxylic acids is 1. The number of nitrogens with zero attached hydrogens (tertiary/aromatic N) is 3. The van der Waals surface area contributed by atoms with Gasteiger partial charge in [0, 0.05) is 17.6 Å². The third-order valence-electron chi connectivity index (χ3n) is 4.43. The average Bonchev–Trinajstić information content (AvgIpc) is 3.25. The van der Waals surface area contributed by atoms with Crippen molar-refractivity contribution < 1.29 is 4.79 Å². The number of thiophene rings is 1. The highest BCUT2D eigenvalue weighted by Gasteiger charge is 2.23. The van der Waals surface area contributed by atoms with Crippen LogP contribution in [0, 0.1) is 0 Å². The lowest BCUT2D eigenvalue weighted by Crippen LogP contribution is -2.24. The van der Waals surface area contributed by atoms with E-state index >= 15 is 0 Å². The summed E-state index contributed by atoms with van der Waals surface area (Å²) in [6.07, 6.45) is 6.17. The van der Waals surface area contributed by atoms with E-state index in [4.69, 9.17) is 16.6 Å². The van der Waals surface area contributed by atoms with Gasteiger partial charge >= 0.3 is 0 Å². The van der Waals surface area contributed by atoms with Gasteiger partial charge in [0.1, 0.15) is 10.6 Å². The van der Waals surface area contributed by atoms with Crippen molar-refractivity contribution in [2.24, 2.45) is 0 Å². The zero-order valence-electron chi connectivity index (χ0n) is 14.9. The smallest absolute Gasteiger partial charge is 0.263 e. The average molecular weight is 433 g/mol. The SMILES string of the molecule is C=CCn1c(SCC(=O)Nc2ccc(Cl)cn2)nc2sc3c(c2c1=O)CCC3. The van der Waals surface area contributed by atoms with Crippen LogP contribution in [0.1, 0.15) is 16.9 Å². The molecule has 0 bridgehead atoms. The van der Waals surface area contributed by atoms with E-state index in [0.29, 0.717) is 22.5 Å². The topological polar surface area (TPSA) is 76.9 Å². The first-order valence-corrected chi connectivity index (χ1v) is 10.9. The van der Waals surface area contributed by atoms with Gasteiger partial charge < -0.3 is 5.32 Å². The number of hydrogen-bond acceptors (Lipinski definition) is 6. The Kier molecular flexibility index (Phi) is 5.52. The molecule has 0 fully saturated rings. The third kappa shape index (κ3) is 3.72. The van der Waals surface area contributed by atoms with E-state index in [1.807, 2.05) is 0 Å². The summed E-state index contributed by atoms with van der Waals surface area (Å²) in [5.41, 5.74) is 1.10. The van der Waals surface area contributed by atoms with E-state index in [-0.39, 0.29) is 17.2 Å². The molecule has 0 saturated heterocycles. The molecule has 28 heavy (non-hydrogen) atoms. The number of allylic oxidation sites excluding steroid dienone is 1. The van der Waals surface area contributed by atoms with Gasteiger partial charge in [0.15, 0.2) is 5.16 Å². The lowest BCUT2D eigenvalue weighted by Gasteiger charge is -2.10. The summed E-state index contributed by atoms with van der Waals surface area (Å²) < 4.78 is 1.60. The Bertz CT molecular complexity index is 1120. The highest BCUT2D eigenvalue weighted by Crippen LogP contribution is 2.35. The summed E-state index contributed by atoms with van der Waals surface area (Å²) in [6, 6.07) is 3.29. The van der Waals surface area contributed by atoms with E-state index in [2.05, 4.69) is 16.9 Å². The molecular weight excluding hydrogens is 416 g/mol. The Hall–Kier alpha value is -2.16. The van der Waals surface area contributed by atoms with Crippen LogP contribution in [0.3, 0.4) is 0 Å². The first kappa shape index (κ1) is 19.2. The number of carbonyl (C=O) groups is 1. The second-order valence-electron chi connectivity index (χ2n) is 6.33. The van der Waals surface area contributed by atoms with Gasteiger partial charge in [0.2, 0.25) is 5.91 Å². The molecule has 1 aliphatic rings. The van der Waals surface area contributed by atoms with Crippen molar-refractivity contribution in [2.45, 2.75) is 31.0 Å². The predicted molar refractivity (Wildman–Crippen MR) is 115 cm³/mol. The Morgan fingerprint density at radius 1 is 1.43 bits per heavy atom. The van der Waals surface area contributed by atoms with Crippen LogP contribution in [0.25, 0.3) is 10.2 Å². The van der Waals surface area contributed by atoms with E-state index in [9.17, 15) is 9.59 Å². The molecule has 3 aromatic heterocycles. The number of aryl methyl sites for hydroxylation is 2. The summed E-state index contributed by atoms with van der Waals surface area (Å²) in [7, 11) is 0. The Morgan fingerprint density at radius 3 is 3.04 bits per heavy atom. The molecule has 1 aliphatic carbocycles. The highest BCUT2D eigenvalue weighted by atomic mass is 35.5. The molecule has 0 unspecified atom stereocenters. The van der Waals surface area contributed by atoms with Gasteiger partial charge in [0.05, 0.1) is 16.2 Å². The minimum atomic E-state index is -0.229. The Labute approximate surface area is 174 Å². The fourth-order valence-corrected chi connectivity index (χ4v) is 5.44. The summed E-state index contributed by atoms with van der Waals surface area (Å²) in [5.74, 6) is 0.314. The van der Waals surface area contributed by atoms with Gasteiger partial charge in [-0.1, -0.05) is 29.4 Å². The second-order valence-corrected chi connectivity index (χ2v) is 8.80. The lowest BCUT2D eigenvalue weighted by atomic mass is 10.2. The van der Waals surface area contributed by atoms with Crippen molar-refractivity contribution in [3.05, 3.63) is 56.8 Å². The van der Waals surface area contributed by atoms with Gasteiger partial charge in [-0.05, 0) is 37.0 Å². The van der Waals surface area contributed by atoms with Gasteiger partial charge in [-0.2, -0.15) is 0 Å². The molecule has 1 N–H and O–H groups in total. The van der Waals surface area contributed by atoms with Crippen LogP contribution in [-0.4, -0.2) is 26.2 Å². The number of fused-ring (bicyclic) bond motifs is 3. The summed E-state index contributed by atoms with van der Waals surface area (Å²) in [4.78, 5) is 36.1. The van der Waals surface area contributed by atoms with Crippen molar-refractivity contribution in [3.8, 4) is 0 Å². The minimum absolute atomic E-state index is 0.0495. The number of amides is 1. The zero-order valence-corrected chi connectivity index (χ0v) is 17.3. The molecule has 1 amide bonds. The largest absolute Gasteiger partial charge is 0.310 e. The monoisotopic (exact) mass is 432 g/mol. The summed E-state index contributed by atoms with van der Waals surface area (Å²) >= 11 is 8.62. The van der Waals surface area contributed by atoms with E-state index in [1.54, 1.807) is 34.1 Å². The van der Waals surface area contributed by atoms with Crippen LogP contribution >= 0.6 is 34.7 Å². The van der Waals surface area contributed by atoms with Crippen LogP contribution < -0.4 is 10.9 Å². The normalized spacial score (nSPS) is 12.9. The standard InChI is InChI=1S/C19H17ClN4O2S2/c1-2-8-24-18(26)16-12-4-3-5-13(12)28-17(16)23-19(24)27-10-15(25)22-14-7-6-11(20)9-21-14/h2,6-7,9H,1,3-5,8,10H2,(H,21,22,25). The van der Waals surface area contributed by atoms with Crippen molar-refractivity contribution in [2.75, 3.05) is 11.1 Å². The molecule has 3 heterocycles. The molecule has 0 radical (unpaired) electrons. The molecule has 0 saturated carbocycles. The van der Waals surface area contributed by atoms with Crippen molar-refractivity contribution >= 4 is 56.6 Å². The van der Waals surface area contributed by atoms with Gasteiger partial charge in [0.25, 0.3) is 5.56 Å². The molecule has 4 rings (SSSR count). The number of thioether (sulfide) groups is 1. The van der Waals surface area contributed by atoms with E-state index in [0.717, 1.165) is 35.0 Å². The maximum atomic E-state index is 13.1. The highest BCUT2D eigenvalue weighted by molar-refractivity contribution is 7.99. The molecule has 144 valence electrons. The van der Waals surface area contributed by atoms with Crippen molar-refractivity contribution in [1.29, 1.82) is 0 Å². The Morgan fingerprint density at radius 2 is 2.29 bits per heavy atom. The van der Waals surface area contributed by atoms with Crippen molar-refractivity contribution in [3.63, 3.8) is 0 Å². The molecule has 0 spiro atoms. The van der Waals surface area contributed by atoms with Crippen LogP contribution in [0.2, 0.25) is 5.02 Å². The lowest BCUT2D eigenvalue weighted by molar-refractivity contribution is -0.113. The number of hydrogen-bond donors (Lipinski definition) is 1. The van der Waals surface area contributed by atoms with Gasteiger partial charge in [-0.25, -0.2) is 9.97 Å². The quantitative estimate of drug-likeness (QED) is 0.363. The third-order valence-corrected chi connectivity index (χ3v) is 6.81. The van der Waals surface area contributed by atoms with Crippen LogP contribution in [0.5, 0.6) is 0 Å². The summed E-state index contributed by atoms with van der Waals surface area (Å²) in [6.45, 7) is 4.10. The van der Waals surface area contributed by atoms with Crippen LogP contribution in [-0.2, 0) is 24.2 Å². The Balaban J connectivity index is 1.58. The zero-order chi connectivity index (χ0) is 19.7. The second kappa shape index (κ2) is 8.06. The molecule has 3 aromatic rings. The fourth-order valence-electron chi connectivity index (χ4n) is 3.22. The maximum absolute atomic E-state index is 13.1. The first-order valence-electron chi connectivity index (χ1n) is 8.77. The fraction of sp³-hybridized carbons (Fsp3) is 0.263. The minimum Gasteiger partial charge on any atom is -0.310 e. The van der Waals surface area contributed by atoms with E-state index < -0.39 is 0 Å². The molecule has 0 atom stereocenters. The number of aromatic nitrogens is 3. The maximum Gasteiger partial charge on any atom is 0.263 e. The number of halogens is 1. The van der Waals surface area contributed by atoms with Crippen molar-refractivity contribution in [1.82, 2.24) is 14.5 Å². The molecule has 0 aliphatic heterocycles. The molecular formula is C19H17ClN4O2S2. The predicted octanol–water partition coefficient (Wildman–Crippen LogP) is 3.91. The molecule has 9 heteroatoms. The van der Waals surface area contributed by atoms with Gasteiger partial charge in [-0.15, -0.1) is 17.9 Å². The van der Waals surface area contributed by atoms with Gasteiger partial charge in [-0.3, -0.25) is 14.2 Å².